The number of aromatic nitrogens is 5. The predicted molar refractivity (Wildman–Crippen MR) is 127 cm³/mol. The van der Waals surface area contributed by atoms with Crippen LogP contribution < -0.4 is 0 Å². The van der Waals surface area contributed by atoms with Crippen LogP contribution in [0.25, 0.3) is 16.6 Å². The average Bonchev–Trinajstić information content (AvgIpc) is 3.51. The van der Waals surface area contributed by atoms with E-state index in [4.69, 9.17) is 0 Å². The molecule has 4 aromatic rings. The van der Waals surface area contributed by atoms with Crippen LogP contribution in [0.5, 0.6) is 0 Å². The molecule has 1 N–H and O–H groups in total. The summed E-state index contributed by atoms with van der Waals surface area (Å²) in [5.74, 6) is 0.471. The van der Waals surface area contributed by atoms with Crippen molar-refractivity contribution < 1.29 is 4.39 Å². The number of alkyl halides is 1. The maximum Gasteiger partial charge on any atom is 0.123 e. The van der Waals surface area contributed by atoms with Gasteiger partial charge >= 0.3 is 0 Å². The Morgan fingerprint density at radius 3 is 2.39 bits per heavy atom. The van der Waals surface area contributed by atoms with Crippen LogP contribution >= 0.6 is 0 Å². The van der Waals surface area contributed by atoms with E-state index in [1.165, 1.54) is 5.56 Å². The number of piperazine rings is 1. The van der Waals surface area contributed by atoms with E-state index in [9.17, 15) is 0 Å². The number of pyridine rings is 1. The molecule has 1 fully saturated rings. The first-order valence-electron chi connectivity index (χ1n) is 11.6. The van der Waals surface area contributed by atoms with E-state index in [0.29, 0.717) is 18.9 Å². The van der Waals surface area contributed by atoms with Crippen molar-refractivity contribution in [2.45, 2.75) is 25.4 Å². The molecule has 0 amide bonds. The molecule has 3 aromatic heterocycles. The highest BCUT2D eigenvalue weighted by Crippen LogP contribution is 2.24. The highest BCUT2D eigenvalue weighted by atomic mass is 19.1. The summed E-state index contributed by atoms with van der Waals surface area (Å²) < 4.78 is 16.9. The molecule has 0 saturated carbocycles. The highest BCUT2D eigenvalue weighted by molar-refractivity contribution is 5.85. The number of aromatic amines is 1. The Labute approximate surface area is 193 Å². The lowest BCUT2D eigenvalue weighted by Gasteiger charge is -2.36. The summed E-state index contributed by atoms with van der Waals surface area (Å²) in [6.07, 6.45) is 8.50. The van der Waals surface area contributed by atoms with Gasteiger partial charge in [0.25, 0.3) is 0 Å². The molecular formula is C25H30FN7. The zero-order chi connectivity index (χ0) is 22.6. The zero-order valence-corrected chi connectivity index (χ0v) is 18.9. The molecule has 2 atom stereocenters. The third-order valence-electron chi connectivity index (χ3n) is 6.64. The Bertz CT molecular complexity index is 1150. The molecule has 0 aliphatic carbocycles. The molecule has 0 unspecified atom stereocenters. The Hall–Kier alpha value is -3.10. The molecule has 1 aliphatic rings. The van der Waals surface area contributed by atoms with Crippen LogP contribution in [0.4, 0.5) is 4.39 Å². The monoisotopic (exact) mass is 447 g/mol. The molecule has 5 rings (SSSR count). The molecule has 0 radical (unpaired) electrons. The third kappa shape index (κ3) is 5.12. The van der Waals surface area contributed by atoms with Crippen molar-refractivity contribution in [2.24, 2.45) is 0 Å². The Morgan fingerprint density at radius 1 is 0.970 bits per heavy atom. The number of nitrogens with zero attached hydrogens (tertiary/aromatic N) is 6. The summed E-state index contributed by atoms with van der Waals surface area (Å²) in [5, 5.41) is 8.80. The average molecular weight is 448 g/mol. The Balaban J connectivity index is 1.14. The summed E-state index contributed by atoms with van der Waals surface area (Å²) in [4.78, 5) is 12.1. The first-order valence-corrected chi connectivity index (χ1v) is 11.6. The second-order valence-corrected chi connectivity index (χ2v) is 9.00. The van der Waals surface area contributed by atoms with Crippen LogP contribution in [-0.2, 0) is 6.42 Å². The van der Waals surface area contributed by atoms with E-state index in [-0.39, 0.29) is 0 Å². The third-order valence-corrected chi connectivity index (χ3v) is 6.64. The van der Waals surface area contributed by atoms with Crippen molar-refractivity contribution in [3.63, 3.8) is 0 Å². The highest BCUT2D eigenvalue weighted by Gasteiger charge is 2.22. The summed E-state index contributed by atoms with van der Waals surface area (Å²) >= 11 is 0. The number of benzene rings is 1. The van der Waals surface area contributed by atoms with E-state index >= 15 is 4.39 Å². The van der Waals surface area contributed by atoms with Gasteiger partial charge < -0.3 is 9.88 Å². The van der Waals surface area contributed by atoms with Gasteiger partial charge in [-0.15, -0.1) is 10.2 Å². The molecular weight excluding hydrogens is 417 g/mol. The second-order valence-electron chi connectivity index (χ2n) is 9.00. The van der Waals surface area contributed by atoms with Gasteiger partial charge in [-0.2, -0.15) is 0 Å². The lowest BCUT2D eigenvalue weighted by molar-refractivity contribution is 0.104. The minimum Gasteiger partial charge on any atom is -0.361 e. The molecule has 4 heterocycles. The maximum absolute atomic E-state index is 15.1. The largest absolute Gasteiger partial charge is 0.361 e. The van der Waals surface area contributed by atoms with E-state index in [0.717, 1.165) is 54.9 Å². The summed E-state index contributed by atoms with van der Waals surface area (Å²) in [7, 11) is 0. The van der Waals surface area contributed by atoms with Crippen LogP contribution in [0.2, 0.25) is 0 Å². The van der Waals surface area contributed by atoms with Gasteiger partial charge in [-0.1, -0.05) is 6.92 Å². The maximum atomic E-state index is 15.1. The summed E-state index contributed by atoms with van der Waals surface area (Å²) in [5.41, 5.74) is 4.33. The second kappa shape index (κ2) is 9.80. The van der Waals surface area contributed by atoms with Crippen molar-refractivity contribution in [1.29, 1.82) is 0 Å². The first-order chi connectivity index (χ1) is 16.2. The van der Waals surface area contributed by atoms with Crippen LogP contribution in [0.1, 0.15) is 24.0 Å². The normalized spacial score (nSPS) is 17.4. The van der Waals surface area contributed by atoms with Gasteiger partial charge in [0.2, 0.25) is 0 Å². The standard InChI is InChI=1S/C25H30FN7/c1-19(20-4-6-27-7-5-20)15-31-8-10-32(11-9-31)16-22(26)12-21-14-28-25-3-2-23(13-24(21)25)33-17-29-30-18-33/h2-7,13-14,17-19,22,28H,8-12,15-16H2,1H3/t19-,22+/m0/s1. The fourth-order valence-electron chi connectivity index (χ4n) is 4.75. The van der Waals surface area contributed by atoms with Crippen LogP contribution in [0.3, 0.4) is 0 Å². The minimum absolute atomic E-state index is 0.408. The number of nitrogens with one attached hydrogen (secondary N) is 1. The van der Waals surface area contributed by atoms with E-state index in [1.807, 2.05) is 35.3 Å². The van der Waals surface area contributed by atoms with Crippen molar-refractivity contribution in [1.82, 2.24) is 34.5 Å². The lowest BCUT2D eigenvalue weighted by atomic mass is 10.0. The topological polar surface area (TPSA) is 65.9 Å². The van der Waals surface area contributed by atoms with Crippen molar-refractivity contribution in [3.8, 4) is 5.69 Å². The molecule has 33 heavy (non-hydrogen) atoms. The summed E-state index contributed by atoms with van der Waals surface area (Å²) in [6.45, 7) is 7.56. The summed E-state index contributed by atoms with van der Waals surface area (Å²) in [6, 6.07) is 10.3. The number of halogens is 1. The fraction of sp³-hybridized carbons (Fsp3) is 0.400. The van der Waals surface area contributed by atoms with Gasteiger partial charge in [0.1, 0.15) is 18.8 Å². The number of hydrogen-bond donors (Lipinski definition) is 1. The molecule has 172 valence electrons. The van der Waals surface area contributed by atoms with Crippen LogP contribution in [0, 0.1) is 0 Å². The van der Waals surface area contributed by atoms with E-state index in [2.05, 4.69) is 55.1 Å². The van der Waals surface area contributed by atoms with Crippen molar-refractivity contribution in [3.05, 3.63) is 72.7 Å². The molecule has 0 bridgehead atoms. The zero-order valence-electron chi connectivity index (χ0n) is 18.9. The first kappa shape index (κ1) is 21.7. The van der Waals surface area contributed by atoms with Gasteiger partial charge in [-0.25, -0.2) is 4.39 Å². The van der Waals surface area contributed by atoms with Gasteiger partial charge in [0.05, 0.1) is 0 Å². The molecule has 1 saturated heterocycles. The van der Waals surface area contributed by atoms with Gasteiger partial charge in [-0.3, -0.25) is 14.5 Å². The van der Waals surface area contributed by atoms with E-state index < -0.39 is 6.17 Å². The number of hydrogen-bond acceptors (Lipinski definition) is 5. The SMILES string of the molecule is C[C@@H](CN1CCN(C[C@H](F)Cc2c[nH]c3ccc(-n4cnnc4)cc23)CC1)c1ccncc1. The van der Waals surface area contributed by atoms with Gasteiger partial charge in [0, 0.05) is 80.9 Å². The van der Waals surface area contributed by atoms with E-state index in [1.54, 1.807) is 12.7 Å². The fourth-order valence-corrected chi connectivity index (χ4v) is 4.75. The molecule has 1 aromatic carbocycles. The molecule has 7 nitrogen and oxygen atoms in total. The Morgan fingerprint density at radius 2 is 1.67 bits per heavy atom. The quantitative estimate of drug-likeness (QED) is 0.448. The molecule has 0 spiro atoms. The lowest BCUT2D eigenvalue weighted by Crippen LogP contribution is -2.49. The number of fused-ring (bicyclic) bond motifs is 1. The van der Waals surface area contributed by atoms with Gasteiger partial charge in [-0.05, 0) is 47.4 Å². The molecule has 1 aliphatic heterocycles. The number of rotatable bonds is 8. The smallest absolute Gasteiger partial charge is 0.123 e. The minimum atomic E-state index is -0.898. The predicted octanol–water partition coefficient (Wildman–Crippen LogP) is 3.45. The number of H-pyrrole nitrogens is 1. The van der Waals surface area contributed by atoms with Crippen molar-refractivity contribution >= 4 is 10.9 Å². The van der Waals surface area contributed by atoms with Crippen LogP contribution in [-0.4, -0.2) is 80.0 Å². The van der Waals surface area contributed by atoms with Gasteiger partial charge in [0.15, 0.2) is 0 Å². The van der Waals surface area contributed by atoms with Crippen molar-refractivity contribution in [2.75, 3.05) is 39.3 Å². The van der Waals surface area contributed by atoms with Crippen LogP contribution in [0.15, 0.2) is 61.6 Å². The molecule has 8 heteroatoms. The Kier molecular flexibility index (Phi) is 6.46.